The summed E-state index contributed by atoms with van der Waals surface area (Å²) in [5, 5.41) is 9.68. The average Bonchev–Trinajstić information content (AvgIpc) is 3.23. The first-order valence-electron chi connectivity index (χ1n) is 9.40. The molecule has 0 spiro atoms. The molecule has 1 amide bonds. The van der Waals surface area contributed by atoms with Crippen molar-refractivity contribution in [3.63, 3.8) is 0 Å². The van der Waals surface area contributed by atoms with Gasteiger partial charge < -0.3 is 10.1 Å². The number of carbonyl (C=O) groups excluding carboxylic acids is 1. The first-order valence-corrected chi connectivity index (χ1v) is 9.40. The number of rotatable bonds is 5. The van der Waals surface area contributed by atoms with Crippen molar-refractivity contribution in [2.24, 2.45) is 0 Å². The fourth-order valence-corrected chi connectivity index (χ4v) is 4.43. The van der Waals surface area contributed by atoms with Crippen molar-refractivity contribution in [2.45, 2.75) is 57.0 Å². The number of aromatic amines is 3. The second kappa shape index (κ2) is 6.71. The molecule has 9 heteroatoms. The number of aromatic nitrogens is 4. The van der Waals surface area contributed by atoms with Gasteiger partial charge in [-0.1, -0.05) is 13.3 Å². The van der Waals surface area contributed by atoms with Crippen molar-refractivity contribution in [3.8, 4) is 5.88 Å². The van der Waals surface area contributed by atoms with Crippen LogP contribution in [0.3, 0.4) is 0 Å². The minimum Gasteiger partial charge on any atom is -0.471 e. The van der Waals surface area contributed by atoms with Gasteiger partial charge in [0.15, 0.2) is 0 Å². The number of fused-ring (bicyclic) bond motifs is 3. The Morgan fingerprint density at radius 3 is 3.04 bits per heavy atom. The van der Waals surface area contributed by atoms with Gasteiger partial charge in [0.1, 0.15) is 5.60 Å². The van der Waals surface area contributed by atoms with Crippen LogP contribution in [0.15, 0.2) is 15.8 Å². The van der Waals surface area contributed by atoms with E-state index >= 15 is 0 Å². The number of carbonyl (C=O) groups is 1. The number of aryl methyl sites for hydroxylation is 1. The Kier molecular flexibility index (Phi) is 4.37. The normalized spacial score (nSPS) is 23.4. The van der Waals surface area contributed by atoms with Crippen LogP contribution in [0.2, 0.25) is 0 Å². The minimum atomic E-state index is -0.562. The Balaban J connectivity index is 1.51. The average molecular weight is 373 g/mol. The van der Waals surface area contributed by atoms with Crippen molar-refractivity contribution in [1.29, 1.82) is 0 Å². The zero-order chi connectivity index (χ0) is 19.0. The van der Waals surface area contributed by atoms with E-state index in [1.54, 1.807) is 0 Å². The fourth-order valence-electron chi connectivity index (χ4n) is 4.43. The van der Waals surface area contributed by atoms with Gasteiger partial charge in [-0.15, -0.1) is 0 Å². The van der Waals surface area contributed by atoms with Crippen molar-refractivity contribution >= 4 is 5.91 Å². The summed E-state index contributed by atoms with van der Waals surface area (Å²) in [6.45, 7) is 2.37. The number of nitrogens with zero attached hydrogens (tertiary/aromatic N) is 1. The van der Waals surface area contributed by atoms with Gasteiger partial charge in [-0.2, -0.15) is 5.10 Å². The predicted molar refractivity (Wildman–Crippen MR) is 97.2 cm³/mol. The van der Waals surface area contributed by atoms with Crippen LogP contribution < -0.4 is 21.3 Å². The van der Waals surface area contributed by atoms with Gasteiger partial charge in [0.25, 0.3) is 11.5 Å². The van der Waals surface area contributed by atoms with Crippen LogP contribution in [-0.4, -0.2) is 38.2 Å². The molecule has 1 aliphatic heterocycles. The maximum absolute atomic E-state index is 12.4. The van der Waals surface area contributed by atoms with Crippen LogP contribution >= 0.6 is 0 Å². The Labute approximate surface area is 154 Å². The van der Waals surface area contributed by atoms with Crippen LogP contribution in [0, 0.1) is 0 Å². The predicted octanol–water partition coefficient (Wildman–Crippen LogP) is 0.958. The molecule has 0 aromatic carbocycles. The van der Waals surface area contributed by atoms with E-state index in [0.717, 1.165) is 31.4 Å². The molecule has 4 N–H and O–H groups in total. The van der Waals surface area contributed by atoms with E-state index in [-0.39, 0.29) is 23.3 Å². The lowest BCUT2D eigenvalue weighted by atomic mass is 9.72. The molecule has 27 heavy (non-hydrogen) atoms. The van der Waals surface area contributed by atoms with E-state index in [1.165, 1.54) is 6.20 Å². The first kappa shape index (κ1) is 17.6. The van der Waals surface area contributed by atoms with Gasteiger partial charge in [0.05, 0.1) is 17.3 Å². The van der Waals surface area contributed by atoms with Gasteiger partial charge in [0.2, 0.25) is 5.88 Å². The van der Waals surface area contributed by atoms with Crippen LogP contribution in [-0.2, 0) is 6.42 Å². The largest absolute Gasteiger partial charge is 0.471 e. The van der Waals surface area contributed by atoms with Gasteiger partial charge in [0, 0.05) is 24.6 Å². The van der Waals surface area contributed by atoms with Crippen LogP contribution in [0.1, 0.15) is 66.6 Å². The monoisotopic (exact) mass is 373 g/mol. The summed E-state index contributed by atoms with van der Waals surface area (Å²) in [5.41, 5.74) is 0.380. The van der Waals surface area contributed by atoms with Crippen LogP contribution in [0.25, 0.3) is 0 Å². The summed E-state index contributed by atoms with van der Waals surface area (Å²) in [4.78, 5) is 41.2. The lowest BCUT2D eigenvalue weighted by molar-refractivity contribution is 0.0245. The number of nitrogens with one attached hydrogen (secondary N) is 4. The standard InChI is InChI=1S/C18H23N5O4/c1-2-12-10(9-20-23-12)14(24)19-8-7-18-6-4-3-5-11(18)13-15(25)21-17(26)22-16(13)27-18/h9,11H,2-8H2,1H3,(H,19,24)(H,20,23)(H2,21,22,25,26)/t11-,18+/m1/s1. The third-order valence-electron chi connectivity index (χ3n) is 5.73. The molecular weight excluding hydrogens is 350 g/mol. The van der Waals surface area contributed by atoms with Gasteiger partial charge in [-0.05, 0) is 25.7 Å². The summed E-state index contributed by atoms with van der Waals surface area (Å²) in [6, 6.07) is 0. The quantitative estimate of drug-likeness (QED) is 0.619. The topological polar surface area (TPSA) is 133 Å². The molecule has 2 aromatic rings. The lowest BCUT2D eigenvalue weighted by Gasteiger charge is -2.38. The molecule has 1 fully saturated rings. The molecule has 0 bridgehead atoms. The maximum Gasteiger partial charge on any atom is 0.328 e. The van der Waals surface area contributed by atoms with Gasteiger partial charge in [-0.25, -0.2) is 4.79 Å². The van der Waals surface area contributed by atoms with E-state index in [2.05, 4.69) is 25.5 Å². The van der Waals surface area contributed by atoms with Crippen molar-refractivity contribution in [3.05, 3.63) is 43.9 Å². The fraction of sp³-hybridized carbons (Fsp3) is 0.556. The molecular formula is C18H23N5O4. The molecule has 1 saturated carbocycles. The van der Waals surface area contributed by atoms with Crippen LogP contribution in [0.4, 0.5) is 0 Å². The molecule has 0 radical (unpaired) electrons. The van der Waals surface area contributed by atoms with E-state index in [4.69, 9.17) is 4.74 Å². The highest BCUT2D eigenvalue weighted by atomic mass is 16.5. The molecule has 0 unspecified atom stereocenters. The number of amides is 1. The molecule has 2 atom stereocenters. The van der Waals surface area contributed by atoms with E-state index in [9.17, 15) is 14.4 Å². The summed E-state index contributed by atoms with van der Waals surface area (Å²) >= 11 is 0. The molecule has 2 aromatic heterocycles. The summed E-state index contributed by atoms with van der Waals surface area (Å²) in [7, 11) is 0. The van der Waals surface area contributed by atoms with E-state index < -0.39 is 11.3 Å². The SMILES string of the molecule is CCc1[nH]ncc1C(=O)NCC[C@@]12CCCC[C@@H]1c1c([nH]c(=O)[nH]c1=O)O2. The molecule has 4 rings (SSSR count). The molecule has 1 aliphatic carbocycles. The van der Waals surface area contributed by atoms with Gasteiger partial charge in [-0.3, -0.25) is 24.7 Å². The Bertz CT molecular complexity index is 975. The molecule has 9 nitrogen and oxygen atoms in total. The molecule has 2 aliphatic rings. The highest BCUT2D eigenvalue weighted by Gasteiger charge is 2.51. The summed E-state index contributed by atoms with van der Waals surface area (Å²) in [6.07, 6.45) is 6.41. The summed E-state index contributed by atoms with van der Waals surface area (Å²) < 4.78 is 6.13. The Morgan fingerprint density at radius 1 is 1.37 bits per heavy atom. The first-order chi connectivity index (χ1) is 13.0. The Hall–Kier alpha value is -2.84. The molecule has 144 valence electrons. The second-order valence-corrected chi connectivity index (χ2v) is 7.24. The summed E-state index contributed by atoms with van der Waals surface area (Å²) in [5.74, 6) is 0.0371. The zero-order valence-corrected chi connectivity index (χ0v) is 15.2. The van der Waals surface area contributed by atoms with E-state index in [1.807, 2.05) is 6.92 Å². The van der Waals surface area contributed by atoms with Crippen molar-refractivity contribution < 1.29 is 9.53 Å². The zero-order valence-electron chi connectivity index (χ0n) is 15.2. The Morgan fingerprint density at radius 2 is 2.22 bits per heavy atom. The molecule has 3 heterocycles. The smallest absolute Gasteiger partial charge is 0.328 e. The van der Waals surface area contributed by atoms with Crippen molar-refractivity contribution in [2.75, 3.05) is 6.54 Å². The van der Waals surface area contributed by atoms with Gasteiger partial charge >= 0.3 is 5.69 Å². The van der Waals surface area contributed by atoms with Crippen molar-refractivity contribution in [1.82, 2.24) is 25.5 Å². The number of hydrogen-bond acceptors (Lipinski definition) is 5. The number of hydrogen-bond donors (Lipinski definition) is 4. The van der Waals surface area contributed by atoms with Crippen LogP contribution in [0.5, 0.6) is 5.88 Å². The lowest BCUT2D eigenvalue weighted by Crippen LogP contribution is -2.44. The second-order valence-electron chi connectivity index (χ2n) is 7.24. The third kappa shape index (κ3) is 2.96. The highest BCUT2D eigenvalue weighted by molar-refractivity contribution is 5.95. The maximum atomic E-state index is 12.4. The number of H-pyrrole nitrogens is 3. The number of ether oxygens (including phenoxy) is 1. The minimum absolute atomic E-state index is 0.0705. The highest BCUT2D eigenvalue weighted by Crippen LogP contribution is 2.51. The third-order valence-corrected chi connectivity index (χ3v) is 5.73. The molecule has 0 saturated heterocycles. The van der Waals surface area contributed by atoms with E-state index in [0.29, 0.717) is 30.5 Å².